The van der Waals surface area contributed by atoms with Crippen LogP contribution < -0.4 is 10.6 Å². The Kier molecular flexibility index (Phi) is 5.01. The van der Waals surface area contributed by atoms with Crippen LogP contribution in [0.25, 0.3) is 0 Å². The minimum atomic E-state index is -0.400. The first-order chi connectivity index (χ1) is 9.47. The van der Waals surface area contributed by atoms with E-state index in [0.29, 0.717) is 21.7 Å². The fraction of sp³-hybridized carbons (Fsp3) is 0.154. The summed E-state index contributed by atoms with van der Waals surface area (Å²) < 4.78 is 13.7. The summed E-state index contributed by atoms with van der Waals surface area (Å²) in [5.41, 5.74) is 1.39. The van der Waals surface area contributed by atoms with Gasteiger partial charge in [0.2, 0.25) is 5.91 Å². The van der Waals surface area contributed by atoms with Gasteiger partial charge in [0.1, 0.15) is 5.82 Å². The molecule has 0 atom stereocenters. The maximum Gasteiger partial charge on any atom is 0.221 e. The van der Waals surface area contributed by atoms with Crippen molar-refractivity contribution in [3.63, 3.8) is 0 Å². The first-order valence-corrected chi connectivity index (χ1v) is 7.75. The Morgan fingerprint density at radius 3 is 2.90 bits per heavy atom. The van der Waals surface area contributed by atoms with Crippen LogP contribution in [0, 0.1) is 5.82 Å². The maximum absolute atomic E-state index is 13.1. The molecule has 2 N–H and O–H groups in total. The maximum atomic E-state index is 13.1. The molecule has 1 aromatic heterocycles. The normalized spacial score (nSPS) is 10.4. The molecule has 0 saturated heterocycles. The molecule has 0 aliphatic rings. The summed E-state index contributed by atoms with van der Waals surface area (Å²) in [6, 6.07) is 4.43. The second-order valence-electron chi connectivity index (χ2n) is 4.04. The van der Waals surface area contributed by atoms with Gasteiger partial charge in [-0.1, -0.05) is 11.6 Å². The molecule has 0 unspecified atom stereocenters. The smallest absolute Gasteiger partial charge is 0.221 e. The number of thiophene rings is 1. The third-order valence-electron chi connectivity index (χ3n) is 2.49. The van der Waals surface area contributed by atoms with Crippen LogP contribution in [0.15, 0.2) is 28.1 Å². The number of benzene rings is 1. The monoisotopic (exact) mass is 376 g/mol. The highest BCUT2D eigenvalue weighted by molar-refractivity contribution is 9.10. The van der Waals surface area contributed by atoms with Crippen molar-refractivity contribution in [2.24, 2.45) is 0 Å². The summed E-state index contributed by atoms with van der Waals surface area (Å²) >= 11 is 10.8. The van der Waals surface area contributed by atoms with E-state index in [4.69, 9.17) is 11.6 Å². The van der Waals surface area contributed by atoms with Gasteiger partial charge in [-0.15, -0.1) is 11.3 Å². The zero-order valence-corrected chi connectivity index (χ0v) is 13.6. The number of rotatable bonds is 4. The van der Waals surface area contributed by atoms with E-state index in [1.807, 2.05) is 11.4 Å². The highest BCUT2D eigenvalue weighted by atomic mass is 79.9. The predicted octanol–water partition coefficient (Wildman–Crippen LogP) is 4.87. The highest BCUT2D eigenvalue weighted by Gasteiger charge is 2.10. The van der Waals surface area contributed by atoms with Crippen molar-refractivity contribution < 1.29 is 9.18 Å². The summed E-state index contributed by atoms with van der Waals surface area (Å²) in [6.45, 7) is 1.94. The molecule has 1 heterocycles. The lowest BCUT2D eigenvalue weighted by Gasteiger charge is -2.11. The van der Waals surface area contributed by atoms with Crippen molar-refractivity contribution in [2.45, 2.75) is 13.5 Å². The van der Waals surface area contributed by atoms with Crippen molar-refractivity contribution in [1.82, 2.24) is 0 Å². The van der Waals surface area contributed by atoms with E-state index in [2.05, 4.69) is 26.6 Å². The highest BCUT2D eigenvalue weighted by Crippen LogP contribution is 2.33. The van der Waals surface area contributed by atoms with E-state index in [1.54, 1.807) is 0 Å². The van der Waals surface area contributed by atoms with Crippen molar-refractivity contribution in [1.29, 1.82) is 0 Å². The first-order valence-electron chi connectivity index (χ1n) is 5.69. The number of carbonyl (C=O) groups is 1. The van der Waals surface area contributed by atoms with Gasteiger partial charge in [0.25, 0.3) is 0 Å². The lowest BCUT2D eigenvalue weighted by atomic mass is 10.3. The summed E-state index contributed by atoms with van der Waals surface area (Å²) in [5.74, 6) is -0.520. The van der Waals surface area contributed by atoms with Gasteiger partial charge in [0.15, 0.2) is 0 Å². The molecule has 0 bridgehead atoms. The third kappa shape index (κ3) is 3.71. The van der Waals surface area contributed by atoms with Gasteiger partial charge in [-0.3, -0.25) is 4.79 Å². The fourth-order valence-electron chi connectivity index (χ4n) is 1.66. The molecule has 0 fully saturated rings. The van der Waals surface area contributed by atoms with Crippen LogP contribution in [-0.4, -0.2) is 5.91 Å². The van der Waals surface area contributed by atoms with Gasteiger partial charge in [0, 0.05) is 16.3 Å². The van der Waals surface area contributed by atoms with Gasteiger partial charge in [-0.05, 0) is 39.5 Å². The largest absolute Gasteiger partial charge is 0.378 e. The van der Waals surface area contributed by atoms with E-state index < -0.39 is 5.82 Å². The van der Waals surface area contributed by atoms with Gasteiger partial charge < -0.3 is 10.6 Å². The Hall–Kier alpha value is -1.11. The average molecular weight is 378 g/mol. The summed E-state index contributed by atoms with van der Waals surface area (Å²) in [7, 11) is 0. The molecule has 0 aliphatic carbocycles. The van der Waals surface area contributed by atoms with Crippen LogP contribution in [0.2, 0.25) is 5.02 Å². The van der Waals surface area contributed by atoms with Crippen molar-refractivity contribution in [3.8, 4) is 0 Å². The topological polar surface area (TPSA) is 41.1 Å². The van der Waals surface area contributed by atoms with Crippen LogP contribution in [0.3, 0.4) is 0 Å². The third-order valence-corrected chi connectivity index (χ3v) is 4.33. The fourth-order valence-corrected chi connectivity index (χ4v) is 3.39. The van der Waals surface area contributed by atoms with Gasteiger partial charge >= 0.3 is 0 Å². The van der Waals surface area contributed by atoms with Crippen molar-refractivity contribution in [3.05, 3.63) is 43.8 Å². The minimum Gasteiger partial charge on any atom is -0.378 e. The molecule has 0 saturated carbocycles. The van der Waals surface area contributed by atoms with Crippen LogP contribution >= 0.6 is 38.9 Å². The number of anilines is 2. The van der Waals surface area contributed by atoms with Gasteiger partial charge in [-0.25, -0.2) is 4.39 Å². The van der Waals surface area contributed by atoms with Crippen LogP contribution in [0.1, 0.15) is 11.8 Å². The summed E-state index contributed by atoms with van der Waals surface area (Å²) in [6.07, 6.45) is 0. The molecule has 3 nitrogen and oxygen atoms in total. The van der Waals surface area contributed by atoms with E-state index in [9.17, 15) is 9.18 Å². The van der Waals surface area contributed by atoms with E-state index >= 15 is 0 Å². The van der Waals surface area contributed by atoms with Gasteiger partial charge in [-0.2, -0.15) is 0 Å². The van der Waals surface area contributed by atoms with E-state index in [0.717, 1.165) is 10.6 Å². The Morgan fingerprint density at radius 1 is 1.50 bits per heavy atom. The molecule has 1 amide bonds. The zero-order chi connectivity index (χ0) is 14.7. The van der Waals surface area contributed by atoms with Crippen molar-refractivity contribution >= 4 is 56.1 Å². The number of hydrogen-bond acceptors (Lipinski definition) is 3. The molecule has 106 valence electrons. The second kappa shape index (κ2) is 6.56. The number of nitrogens with one attached hydrogen (secondary N) is 2. The van der Waals surface area contributed by atoms with Crippen molar-refractivity contribution in [2.75, 3.05) is 10.6 Å². The molecule has 2 rings (SSSR count). The molecule has 1 aromatic carbocycles. The molecule has 0 aliphatic heterocycles. The Labute approximate surface area is 133 Å². The Bertz CT molecular complexity index is 624. The number of carbonyl (C=O) groups excluding carboxylic acids is 1. The zero-order valence-electron chi connectivity index (χ0n) is 10.5. The minimum absolute atomic E-state index is 0.120. The number of halogens is 3. The summed E-state index contributed by atoms with van der Waals surface area (Å²) in [4.78, 5) is 12.1. The molecule has 0 spiro atoms. The molecule has 0 radical (unpaired) electrons. The number of hydrogen-bond donors (Lipinski definition) is 2. The summed E-state index contributed by atoms with van der Waals surface area (Å²) in [5, 5.41) is 8.09. The number of amides is 1. The van der Waals surface area contributed by atoms with Gasteiger partial charge in [0.05, 0.1) is 22.9 Å². The Morgan fingerprint density at radius 2 is 2.25 bits per heavy atom. The van der Waals surface area contributed by atoms with Crippen LogP contribution in [0.4, 0.5) is 15.8 Å². The Balaban J connectivity index is 2.13. The van der Waals surface area contributed by atoms with Crippen LogP contribution in [-0.2, 0) is 11.3 Å². The SMILES string of the molecule is CC(=O)Nc1ccsc1CNc1c(Cl)cc(F)cc1Br. The lowest BCUT2D eigenvalue weighted by Crippen LogP contribution is -2.08. The molecule has 20 heavy (non-hydrogen) atoms. The molecular formula is C13H11BrClFN2OS. The first kappa shape index (κ1) is 15.3. The molecular weight excluding hydrogens is 367 g/mol. The quantitative estimate of drug-likeness (QED) is 0.798. The molecule has 2 aromatic rings. The molecule has 7 heteroatoms. The lowest BCUT2D eigenvalue weighted by molar-refractivity contribution is -0.114. The van der Waals surface area contributed by atoms with E-state index in [-0.39, 0.29) is 5.91 Å². The predicted molar refractivity (Wildman–Crippen MR) is 85.1 cm³/mol. The van der Waals surface area contributed by atoms with Crippen LogP contribution in [0.5, 0.6) is 0 Å². The standard InChI is InChI=1S/C13H11BrClFN2OS/c1-7(19)18-11-2-3-20-12(11)6-17-13-9(14)4-8(16)5-10(13)15/h2-5,17H,6H2,1H3,(H,18,19). The average Bonchev–Trinajstić information content (AvgIpc) is 2.74. The second-order valence-corrected chi connectivity index (χ2v) is 6.30. The van der Waals surface area contributed by atoms with E-state index in [1.165, 1.54) is 30.4 Å².